The Bertz CT molecular complexity index is 437. The molecule has 60 valence electrons. The highest BCUT2D eigenvalue weighted by Crippen LogP contribution is 2.12. The number of pyridine rings is 1. The van der Waals surface area contributed by atoms with Gasteiger partial charge in [-0.2, -0.15) is 5.10 Å². The summed E-state index contributed by atoms with van der Waals surface area (Å²) in [4.78, 5) is 14.4. The molecule has 2 aromatic heterocycles. The van der Waals surface area contributed by atoms with Crippen LogP contribution in [0.15, 0.2) is 23.1 Å². The monoisotopic (exact) mass is 225 g/mol. The summed E-state index contributed by atoms with van der Waals surface area (Å²) in [5.74, 6) is 0. The minimum absolute atomic E-state index is 0.586. The highest BCUT2D eigenvalue weighted by molar-refractivity contribution is 9.10. The van der Waals surface area contributed by atoms with Crippen molar-refractivity contribution in [2.75, 3.05) is 0 Å². The minimum Gasteiger partial charge on any atom is -0.298 e. The van der Waals surface area contributed by atoms with Crippen molar-refractivity contribution in [1.82, 2.24) is 14.6 Å². The molecule has 0 aliphatic carbocycles. The van der Waals surface area contributed by atoms with E-state index in [2.05, 4.69) is 26.0 Å². The van der Waals surface area contributed by atoms with Crippen molar-refractivity contribution in [3.8, 4) is 0 Å². The molecule has 2 rings (SSSR count). The molecule has 0 N–H and O–H groups in total. The Morgan fingerprint density at radius 2 is 2.33 bits per heavy atom. The van der Waals surface area contributed by atoms with Gasteiger partial charge in [0.25, 0.3) is 0 Å². The van der Waals surface area contributed by atoms with Crippen molar-refractivity contribution in [2.45, 2.75) is 0 Å². The van der Waals surface area contributed by atoms with Crippen LogP contribution < -0.4 is 0 Å². The maximum Gasteiger partial charge on any atom is 0.157 e. The molecule has 0 aliphatic heterocycles. The van der Waals surface area contributed by atoms with Crippen LogP contribution in [0.2, 0.25) is 0 Å². The highest BCUT2D eigenvalue weighted by Gasteiger charge is 2.01. The molecule has 0 unspecified atom stereocenters. The number of fused-ring (bicyclic) bond motifs is 1. The van der Waals surface area contributed by atoms with E-state index in [-0.39, 0.29) is 0 Å². The van der Waals surface area contributed by atoms with Crippen LogP contribution in [-0.4, -0.2) is 20.9 Å². The van der Waals surface area contributed by atoms with Crippen molar-refractivity contribution in [3.63, 3.8) is 0 Å². The molecule has 2 heterocycles. The molecule has 0 saturated heterocycles. The number of aldehydes is 1. The van der Waals surface area contributed by atoms with Crippen molar-refractivity contribution in [3.05, 3.63) is 28.6 Å². The fraction of sp³-hybridized carbons (Fsp3) is 0. The molecule has 0 bridgehead atoms. The fourth-order valence-electron chi connectivity index (χ4n) is 0.971. The number of carbonyl (C=O) groups is 1. The van der Waals surface area contributed by atoms with E-state index in [9.17, 15) is 4.79 Å². The van der Waals surface area contributed by atoms with Crippen LogP contribution in [0.3, 0.4) is 0 Å². The van der Waals surface area contributed by atoms with Crippen LogP contribution in [0.5, 0.6) is 0 Å². The third-order valence-electron chi connectivity index (χ3n) is 1.49. The lowest BCUT2D eigenvalue weighted by molar-refractivity contribution is 0.112. The van der Waals surface area contributed by atoms with Gasteiger partial charge in [0.1, 0.15) is 17.2 Å². The number of hydrogen-bond acceptors (Lipinski definition) is 3. The number of aromatic nitrogens is 3. The zero-order valence-electron chi connectivity index (χ0n) is 5.94. The van der Waals surface area contributed by atoms with Gasteiger partial charge >= 0.3 is 0 Å². The normalized spacial score (nSPS) is 10.4. The maximum absolute atomic E-state index is 10.4. The van der Waals surface area contributed by atoms with Crippen LogP contribution in [0.4, 0.5) is 0 Å². The van der Waals surface area contributed by atoms with Gasteiger partial charge in [0.2, 0.25) is 0 Å². The molecule has 0 aromatic carbocycles. The fourth-order valence-corrected chi connectivity index (χ4v) is 1.51. The SMILES string of the molecule is O=Cc1cc(Br)n2ncnc2c1. The summed E-state index contributed by atoms with van der Waals surface area (Å²) in [5.41, 5.74) is 1.24. The predicted octanol–water partition coefficient (Wildman–Crippen LogP) is 1.30. The third-order valence-corrected chi connectivity index (χ3v) is 2.06. The Labute approximate surface area is 76.4 Å². The van der Waals surface area contributed by atoms with Gasteiger partial charge in [0.05, 0.1) is 0 Å². The van der Waals surface area contributed by atoms with Crippen molar-refractivity contribution in [1.29, 1.82) is 0 Å². The second kappa shape index (κ2) is 2.67. The summed E-state index contributed by atoms with van der Waals surface area (Å²) < 4.78 is 2.33. The molecule has 5 heteroatoms. The lowest BCUT2D eigenvalue weighted by atomic mass is 10.3. The summed E-state index contributed by atoms with van der Waals surface area (Å²) in [5, 5.41) is 3.94. The Morgan fingerprint density at radius 1 is 1.50 bits per heavy atom. The summed E-state index contributed by atoms with van der Waals surface area (Å²) in [6.07, 6.45) is 2.22. The van der Waals surface area contributed by atoms with E-state index >= 15 is 0 Å². The summed E-state index contributed by atoms with van der Waals surface area (Å²) in [6, 6.07) is 3.36. The molecular formula is C7H4BrN3O. The second-order valence-electron chi connectivity index (χ2n) is 2.26. The first-order valence-corrected chi connectivity index (χ1v) is 4.05. The number of halogens is 1. The van der Waals surface area contributed by atoms with Crippen LogP contribution in [0.25, 0.3) is 5.65 Å². The molecule has 0 saturated carbocycles. The molecule has 2 aromatic rings. The molecule has 4 nitrogen and oxygen atoms in total. The van der Waals surface area contributed by atoms with E-state index < -0.39 is 0 Å². The molecule has 12 heavy (non-hydrogen) atoms. The third kappa shape index (κ3) is 1.02. The van der Waals surface area contributed by atoms with Crippen LogP contribution >= 0.6 is 15.9 Å². The average Bonchev–Trinajstić information content (AvgIpc) is 2.52. The predicted molar refractivity (Wildman–Crippen MR) is 46.1 cm³/mol. The molecule has 0 radical (unpaired) electrons. The Hall–Kier alpha value is -1.23. The average molecular weight is 226 g/mol. The molecule has 0 amide bonds. The molecule has 0 aliphatic rings. The number of hydrogen-bond donors (Lipinski definition) is 0. The van der Waals surface area contributed by atoms with Gasteiger partial charge in [0, 0.05) is 5.56 Å². The number of carbonyl (C=O) groups excluding carboxylic acids is 1. The van der Waals surface area contributed by atoms with E-state index in [1.807, 2.05) is 0 Å². The molecule has 0 fully saturated rings. The maximum atomic E-state index is 10.4. The zero-order chi connectivity index (χ0) is 8.55. The summed E-state index contributed by atoms with van der Waals surface area (Å²) >= 11 is 3.27. The largest absolute Gasteiger partial charge is 0.298 e. The standard InChI is InChI=1S/C7H4BrN3O/c8-6-1-5(3-12)2-7-9-4-10-11(6)7/h1-4H. The summed E-state index contributed by atoms with van der Waals surface area (Å²) in [7, 11) is 0. The number of rotatable bonds is 1. The Morgan fingerprint density at radius 3 is 3.08 bits per heavy atom. The first-order chi connectivity index (χ1) is 5.81. The van der Waals surface area contributed by atoms with E-state index in [0.29, 0.717) is 11.2 Å². The lowest BCUT2D eigenvalue weighted by Gasteiger charge is -1.95. The van der Waals surface area contributed by atoms with Gasteiger partial charge in [-0.1, -0.05) is 0 Å². The van der Waals surface area contributed by atoms with Gasteiger partial charge in [-0.25, -0.2) is 9.50 Å². The first kappa shape index (κ1) is 7.42. The van der Waals surface area contributed by atoms with Crippen LogP contribution in [0.1, 0.15) is 10.4 Å². The van der Waals surface area contributed by atoms with Crippen LogP contribution in [0, 0.1) is 0 Å². The van der Waals surface area contributed by atoms with Gasteiger partial charge in [-0.05, 0) is 28.1 Å². The Balaban J connectivity index is 2.83. The summed E-state index contributed by atoms with van der Waals surface area (Å²) in [6.45, 7) is 0. The highest BCUT2D eigenvalue weighted by atomic mass is 79.9. The lowest BCUT2D eigenvalue weighted by Crippen LogP contribution is -1.91. The zero-order valence-corrected chi connectivity index (χ0v) is 7.52. The molecule has 0 atom stereocenters. The quantitative estimate of drug-likeness (QED) is 0.543. The van der Waals surface area contributed by atoms with E-state index in [1.165, 1.54) is 6.33 Å². The Kier molecular flexibility index (Phi) is 1.65. The van der Waals surface area contributed by atoms with Gasteiger partial charge in [-0.15, -0.1) is 0 Å². The second-order valence-corrected chi connectivity index (χ2v) is 3.07. The van der Waals surface area contributed by atoms with Gasteiger partial charge in [-0.3, -0.25) is 4.79 Å². The van der Waals surface area contributed by atoms with E-state index in [4.69, 9.17) is 0 Å². The topological polar surface area (TPSA) is 47.3 Å². The van der Waals surface area contributed by atoms with Crippen molar-refractivity contribution in [2.24, 2.45) is 0 Å². The van der Waals surface area contributed by atoms with Crippen molar-refractivity contribution < 1.29 is 4.79 Å². The van der Waals surface area contributed by atoms with Crippen LogP contribution in [-0.2, 0) is 0 Å². The van der Waals surface area contributed by atoms with Gasteiger partial charge in [0.15, 0.2) is 5.65 Å². The number of nitrogens with zero attached hydrogens (tertiary/aromatic N) is 3. The van der Waals surface area contributed by atoms with E-state index in [0.717, 1.165) is 10.9 Å². The first-order valence-electron chi connectivity index (χ1n) is 3.26. The molecule has 0 spiro atoms. The smallest absolute Gasteiger partial charge is 0.157 e. The van der Waals surface area contributed by atoms with E-state index in [1.54, 1.807) is 16.6 Å². The minimum atomic E-state index is 0.586. The van der Waals surface area contributed by atoms with Crippen molar-refractivity contribution >= 4 is 27.9 Å². The van der Waals surface area contributed by atoms with Gasteiger partial charge < -0.3 is 0 Å². The molecular weight excluding hydrogens is 222 g/mol.